The molecular weight excluding hydrogens is 210 g/mol. The van der Waals surface area contributed by atoms with Crippen LogP contribution in [0, 0.1) is 11.3 Å². The largest absolute Gasteiger partial charge is 0.314 e. The summed E-state index contributed by atoms with van der Waals surface area (Å²) in [5.74, 6) is 0. The van der Waals surface area contributed by atoms with Gasteiger partial charge in [0.15, 0.2) is 0 Å². The predicted molar refractivity (Wildman–Crippen MR) is 68.2 cm³/mol. The summed E-state index contributed by atoms with van der Waals surface area (Å²) in [6.45, 7) is 0. The van der Waals surface area contributed by atoms with Crippen LogP contribution < -0.4 is 0 Å². The second kappa shape index (κ2) is 3.76. The van der Waals surface area contributed by atoms with Gasteiger partial charge in [-0.3, -0.25) is 4.98 Å². The quantitative estimate of drug-likeness (QED) is 0.590. The van der Waals surface area contributed by atoms with Gasteiger partial charge in [0.05, 0.1) is 23.3 Å². The first-order valence-corrected chi connectivity index (χ1v) is 5.31. The smallest absolute Gasteiger partial charge is 0.0927 e. The van der Waals surface area contributed by atoms with E-state index >= 15 is 0 Å². The Morgan fingerprint density at radius 3 is 2.82 bits per heavy atom. The number of allylic oxidation sites excluding steroid dienone is 1. The molecule has 0 atom stereocenters. The molecule has 0 saturated carbocycles. The molecule has 80 valence electrons. The molecule has 17 heavy (non-hydrogen) atoms. The number of pyridine rings is 1. The Morgan fingerprint density at radius 1 is 1.12 bits per heavy atom. The highest BCUT2D eigenvalue weighted by molar-refractivity contribution is 6.08. The third-order valence-corrected chi connectivity index (χ3v) is 2.81. The van der Waals surface area contributed by atoms with Crippen molar-refractivity contribution in [2.75, 3.05) is 0 Å². The normalized spacial score (nSPS) is 11.2. The van der Waals surface area contributed by atoms with Gasteiger partial charge in [0.2, 0.25) is 0 Å². The number of nitriles is 1. The van der Waals surface area contributed by atoms with E-state index in [4.69, 9.17) is 5.26 Å². The van der Waals surface area contributed by atoms with Crippen LogP contribution >= 0.6 is 0 Å². The molecule has 2 aromatic heterocycles. The minimum atomic E-state index is 1.01. The number of fused-ring (bicyclic) bond motifs is 3. The lowest BCUT2D eigenvalue weighted by atomic mass is 10.2. The molecule has 3 aromatic rings. The summed E-state index contributed by atoms with van der Waals surface area (Å²) in [4.78, 5) is 4.14. The summed E-state index contributed by atoms with van der Waals surface area (Å²) in [5, 5.41) is 11.0. The molecular formula is C14H9N3. The minimum absolute atomic E-state index is 1.01. The van der Waals surface area contributed by atoms with E-state index in [-0.39, 0.29) is 0 Å². The Kier molecular flexibility index (Phi) is 2.13. The Hall–Kier alpha value is -2.60. The second-order valence-corrected chi connectivity index (χ2v) is 3.72. The Morgan fingerprint density at radius 2 is 1.94 bits per heavy atom. The van der Waals surface area contributed by atoms with E-state index in [1.165, 1.54) is 11.5 Å². The maximum atomic E-state index is 8.64. The van der Waals surface area contributed by atoms with Gasteiger partial charge in [-0.1, -0.05) is 18.2 Å². The number of hydrogen-bond acceptors (Lipinski definition) is 2. The molecule has 0 amide bonds. The molecule has 0 spiro atoms. The van der Waals surface area contributed by atoms with Crippen LogP contribution in [0.2, 0.25) is 0 Å². The zero-order chi connectivity index (χ0) is 11.7. The maximum Gasteiger partial charge on any atom is 0.0927 e. The topological polar surface area (TPSA) is 41.6 Å². The molecule has 0 aliphatic carbocycles. The fourth-order valence-corrected chi connectivity index (χ4v) is 2.12. The lowest BCUT2D eigenvalue weighted by Gasteiger charge is -1.97. The summed E-state index contributed by atoms with van der Waals surface area (Å²) in [7, 11) is 0. The third kappa shape index (κ3) is 1.39. The second-order valence-electron chi connectivity index (χ2n) is 3.72. The summed E-state index contributed by atoms with van der Waals surface area (Å²) in [5.41, 5.74) is 2.10. The highest BCUT2D eigenvalue weighted by Crippen LogP contribution is 2.28. The summed E-state index contributed by atoms with van der Waals surface area (Å²) in [6, 6.07) is 12.1. The number of nitrogens with zero attached hydrogens (tertiary/aromatic N) is 3. The molecule has 0 fully saturated rings. The van der Waals surface area contributed by atoms with Crippen LogP contribution in [0.25, 0.3) is 28.0 Å². The highest BCUT2D eigenvalue weighted by atomic mass is 15.0. The molecule has 2 heterocycles. The van der Waals surface area contributed by atoms with Crippen LogP contribution in [0.5, 0.6) is 0 Å². The number of aromatic nitrogens is 2. The predicted octanol–water partition coefficient (Wildman–Crippen LogP) is 3.18. The molecule has 0 saturated heterocycles. The first kappa shape index (κ1) is 9.61. The Labute approximate surface area is 98.2 Å². The van der Waals surface area contributed by atoms with Crippen molar-refractivity contribution in [3.63, 3.8) is 0 Å². The lowest BCUT2D eigenvalue weighted by Crippen LogP contribution is -1.85. The number of rotatable bonds is 1. The van der Waals surface area contributed by atoms with Gasteiger partial charge < -0.3 is 4.57 Å². The van der Waals surface area contributed by atoms with Crippen LogP contribution in [0.15, 0.2) is 48.8 Å². The van der Waals surface area contributed by atoms with Gasteiger partial charge in [0.25, 0.3) is 0 Å². The van der Waals surface area contributed by atoms with Crippen LogP contribution in [0.3, 0.4) is 0 Å². The number of benzene rings is 1. The van der Waals surface area contributed by atoms with Crippen LogP contribution in [-0.2, 0) is 0 Å². The van der Waals surface area contributed by atoms with Gasteiger partial charge in [-0.25, -0.2) is 0 Å². The van der Waals surface area contributed by atoms with Crippen LogP contribution in [-0.4, -0.2) is 9.55 Å². The minimum Gasteiger partial charge on any atom is -0.314 e. The van der Waals surface area contributed by atoms with Crippen molar-refractivity contribution in [3.05, 3.63) is 48.8 Å². The molecule has 3 nitrogen and oxygen atoms in total. The molecule has 0 aliphatic rings. The molecule has 3 heteroatoms. The average molecular weight is 219 g/mol. The van der Waals surface area contributed by atoms with Gasteiger partial charge in [-0.2, -0.15) is 5.26 Å². The van der Waals surface area contributed by atoms with Crippen molar-refractivity contribution in [3.8, 4) is 6.07 Å². The van der Waals surface area contributed by atoms with Gasteiger partial charge >= 0.3 is 0 Å². The van der Waals surface area contributed by atoms with Crippen molar-refractivity contribution in [2.24, 2.45) is 0 Å². The van der Waals surface area contributed by atoms with Crippen LogP contribution in [0.1, 0.15) is 0 Å². The molecule has 0 unspecified atom stereocenters. The molecule has 0 N–H and O–H groups in total. The zero-order valence-electron chi connectivity index (χ0n) is 9.04. The standard InChI is InChI=1S/C14H9N3/c15-7-3-9-17-13-5-2-1-4-11(13)12-6-8-16-10-14(12)17/h1-6,8-10H/b9-3+. The summed E-state index contributed by atoms with van der Waals surface area (Å²) in [6.07, 6.45) is 6.84. The van der Waals surface area contributed by atoms with E-state index in [0.29, 0.717) is 0 Å². The molecule has 0 radical (unpaired) electrons. The number of hydrogen-bond donors (Lipinski definition) is 0. The molecule has 1 aromatic carbocycles. The summed E-state index contributed by atoms with van der Waals surface area (Å²) >= 11 is 0. The van der Waals surface area contributed by atoms with E-state index in [2.05, 4.69) is 11.1 Å². The Balaban J connectivity index is 2.51. The summed E-state index contributed by atoms with van der Waals surface area (Å²) < 4.78 is 1.99. The third-order valence-electron chi connectivity index (χ3n) is 2.81. The fraction of sp³-hybridized carbons (Fsp3) is 0. The lowest BCUT2D eigenvalue weighted by molar-refractivity contribution is 1.25. The first-order chi connectivity index (χ1) is 8.42. The van der Waals surface area contributed by atoms with Gasteiger partial charge in [-0.15, -0.1) is 0 Å². The van der Waals surface area contributed by atoms with E-state index < -0.39 is 0 Å². The van der Waals surface area contributed by atoms with Crippen molar-refractivity contribution in [1.82, 2.24) is 9.55 Å². The van der Waals surface area contributed by atoms with Gasteiger partial charge in [0.1, 0.15) is 0 Å². The van der Waals surface area contributed by atoms with E-state index in [1.54, 1.807) is 12.4 Å². The molecule has 0 aliphatic heterocycles. The van der Waals surface area contributed by atoms with Crippen LogP contribution in [0.4, 0.5) is 0 Å². The molecule has 3 rings (SSSR count). The van der Waals surface area contributed by atoms with Gasteiger partial charge in [0, 0.05) is 29.2 Å². The average Bonchev–Trinajstić information content (AvgIpc) is 2.71. The van der Waals surface area contributed by atoms with Crippen molar-refractivity contribution in [1.29, 1.82) is 5.26 Å². The monoisotopic (exact) mass is 219 g/mol. The fourth-order valence-electron chi connectivity index (χ4n) is 2.12. The van der Waals surface area contributed by atoms with E-state index in [0.717, 1.165) is 16.4 Å². The molecule has 0 bridgehead atoms. The SMILES string of the molecule is N#C/C=C/n1c2ccccc2c2ccncc21. The first-order valence-electron chi connectivity index (χ1n) is 5.31. The van der Waals surface area contributed by atoms with Crippen molar-refractivity contribution in [2.45, 2.75) is 0 Å². The van der Waals surface area contributed by atoms with Crippen molar-refractivity contribution < 1.29 is 0 Å². The van der Waals surface area contributed by atoms with E-state index in [1.807, 2.05) is 41.1 Å². The Bertz CT molecular complexity index is 707. The maximum absolute atomic E-state index is 8.64. The highest BCUT2D eigenvalue weighted by Gasteiger charge is 2.07. The number of para-hydroxylation sites is 1. The van der Waals surface area contributed by atoms with E-state index in [9.17, 15) is 0 Å². The van der Waals surface area contributed by atoms with Gasteiger partial charge in [-0.05, 0) is 12.1 Å². The van der Waals surface area contributed by atoms with Crippen molar-refractivity contribution >= 4 is 28.0 Å². The zero-order valence-corrected chi connectivity index (χ0v) is 9.04.